The van der Waals surface area contributed by atoms with Gasteiger partial charge in [-0.25, -0.2) is 0 Å². The molecule has 0 saturated heterocycles. The molecule has 3 N–H and O–H groups in total. The van der Waals surface area contributed by atoms with E-state index in [9.17, 15) is 4.79 Å². The van der Waals surface area contributed by atoms with E-state index in [-0.39, 0.29) is 5.78 Å². The molecule has 18 heavy (non-hydrogen) atoms. The molecule has 1 aromatic heterocycles. The van der Waals surface area contributed by atoms with E-state index in [0.29, 0.717) is 22.0 Å². The number of nitrogens with two attached hydrogens (primary N) is 1. The molecule has 0 spiro atoms. The molecule has 0 unspecified atom stereocenters. The Hall–Kier alpha value is -1.74. The number of hydrogen-bond acceptors (Lipinski definition) is 2. The van der Waals surface area contributed by atoms with Gasteiger partial charge in [-0.1, -0.05) is 11.6 Å². The Morgan fingerprint density at radius 1 is 1.17 bits per heavy atom. The van der Waals surface area contributed by atoms with Gasteiger partial charge in [0.25, 0.3) is 0 Å². The van der Waals surface area contributed by atoms with Crippen LogP contribution in [0.1, 0.15) is 32.9 Å². The van der Waals surface area contributed by atoms with Crippen molar-refractivity contribution >= 4 is 23.1 Å². The van der Waals surface area contributed by atoms with Crippen molar-refractivity contribution in [3.63, 3.8) is 0 Å². The van der Waals surface area contributed by atoms with Crippen LogP contribution < -0.4 is 5.73 Å². The predicted octanol–water partition coefficient (Wildman–Crippen LogP) is 3.41. The number of anilines is 1. The number of ketones is 1. The number of aromatic nitrogens is 1. The zero-order chi connectivity index (χ0) is 13.4. The summed E-state index contributed by atoms with van der Waals surface area (Å²) in [4.78, 5) is 15.5. The van der Waals surface area contributed by atoms with Gasteiger partial charge < -0.3 is 10.7 Å². The van der Waals surface area contributed by atoms with Crippen LogP contribution in [0.2, 0.25) is 5.02 Å². The van der Waals surface area contributed by atoms with Crippen molar-refractivity contribution in [1.29, 1.82) is 0 Å². The number of rotatable bonds is 2. The number of H-pyrrole nitrogens is 1. The SMILES string of the molecule is Cc1[nH]c(C(=O)c2cc(N)cc(Cl)c2)c(C)c1C. The van der Waals surface area contributed by atoms with Crippen LogP contribution >= 0.6 is 11.6 Å². The summed E-state index contributed by atoms with van der Waals surface area (Å²) >= 11 is 5.92. The van der Waals surface area contributed by atoms with Crippen LogP contribution in [0.5, 0.6) is 0 Å². The first-order valence-corrected chi connectivity index (χ1v) is 6.04. The Labute approximate surface area is 111 Å². The van der Waals surface area contributed by atoms with Crippen LogP contribution in [0.4, 0.5) is 5.69 Å². The number of nitrogens with one attached hydrogen (secondary N) is 1. The largest absolute Gasteiger partial charge is 0.399 e. The fourth-order valence-corrected chi connectivity index (χ4v) is 2.20. The van der Waals surface area contributed by atoms with E-state index in [1.807, 2.05) is 20.8 Å². The maximum Gasteiger partial charge on any atom is 0.209 e. The molecule has 94 valence electrons. The number of benzene rings is 1. The lowest BCUT2D eigenvalue weighted by Crippen LogP contribution is -2.04. The van der Waals surface area contributed by atoms with Crippen LogP contribution in [0.3, 0.4) is 0 Å². The van der Waals surface area contributed by atoms with E-state index < -0.39 is 0 Å². The van der Waals surface area contributed by atoms with Gasteiger partial charge in [0.05, 0.1) is 5.69 Å². The van der Waals surface area contributed by atoms with Crippen molar-refractivity contribution in [2.45, 2.75) is 20.8 Å². The molecule has 1 heterocycles. The zero-order valence-electron chi connectivity index (χ0n) is 10.6. The standard InChI is InChI=1S/C14H15ClN2O/c1-7-8(2)13(17-9(7)3)14(18)10-4-11(15)6-12(16)5-10/h4-6,17H,16H2,1-3H3. The summed E-state index contributed by atoms with van der Waals surface area (Å²) in [5, 5.41) is 0.469. The van der Waals surface area contributed by atoms with Crippen LogP contribution in [-0.4, -0.2) is 10.8 Å². The Morgan fingerprint density at radius 3 is 2.33 bits per heavy atom. The molecule has 2 aromatic rings. The van der Waals surface area contributed by atoms with Gasteiger partial charge in [-0.2, -0.15) is 0 Å². The number of nitrogen functional groups attached to an aromatic ring is 1. The summed E-state index contributed by atoms with van der Waals surface area (Å²) in [6, 6.07) is 4.89. The van der Waals surface area contributed by atoms with Crippen molar-refractivity contribution in [2.75, 3.05) is 5.73 Å². The minimum absolute atomic E-state index is 0.0853. The molecule has 0 fully saturated rings. The number of aromatic amines is 1. The first-order valence-electron chi connectivity index (χ1n) is 5.66. The smallest absolute Gasteiger partial charge is 0.209 e. The van der Waals surface area contributed by atoms with Crippen molar-refractivity contribution in [2.24, 2.45) is 0 Å². The van der Waals surface area contributed by atoms with E-state index in [1.54, 1.807) is 18.2 Å². The molecule has 0 saturated carbocycles. The maximum atomic E-state index is 12.4. The predicted molar refractivity (Wildman–Crippen MR) is 74.3 cm³/mol. The normalized spacial score (nSPS) is 10.7. The molecule has 0 amide bonds. The first kappa shape index (κ1) is 12.7. The van der Waals surface area contributed by atoms with Crippen LogP contribution in [0.25, 0.3) is 0 Å². The van der Waals surface area contributed by atoms with Crippen LogP contribution in [-0.2, 0) is 0 Å². The second-order valence-corrected chi connectivity index (χ2v) is 4.91. The number of carbonyl (C=O) groups excluding carboxylic acids is 1. The fourth-order valence-electron chi connectivity index (χ4n) is 1.96. The third-order valence-electron chi connectivity index (χ3n) is 3.22. The van der Waals surface area contributed by atoms with E-state index in [1.165, 1.54) is 0 Å². The van der Waals surface area contributed by atoms with E-state index in [2.05, 4.69) is 4.98 Å². The summed E-state index contributed by atoms with van der Waals surface area (Å²) in [6.45, 7) is 5.87. The molecular formula is C14H15ClN2O. The van der Waals surface area contributed by atoms with Crippen molar-refractivity contribution in [3.8, 4) is 0 Å². The van der Waals surface area contributed by atoms with Gasteiger partial charge in [0.2, 0.25) is 5.78 Å². The summed E-state index contributed by atoms with van der Waals surface area (Å²) < 4.78 is 0. The summed E-state index contributed by atoms with van der Waals surface area (Å²) in [6.07, 6.45) is 0. The third-order valence-corrected chi connectivity index (χ3v) is 3.44. The number of halogens is 1. The van der Waals surface area contributed by atoms with Gasteiger partial charge in [0.1, 0.15) is 0 Å². The molecule has 1 aromatic carbocycles. The monoisotopic (exact) mass is 262 g/mol. The molecule has 0 atom stereocenters. The lowest BCUT2D eigenvalue weighted by Gasteiger charge is -2.03. The third kappa shape index (κ3) is 2.14. The number of aryl methyl sites for hydroxylation is 1. The highest BCUT2D eigenvalue weighted by Gasteiger charge is 2.17. The topological polar surface area (TPSA) is 58.9 Å². The highest BCUT2D eigenvalue weighted by Crippen LogP contribution is 2.23. The van der Waals surface area contributed by atoms with Gasteiger partial charge in [-0.3, -0.25) is 4.79 Å². The Balaban J connectivity index is 2.51. The van der Waals surface area contributed by atoms with Gasteiger partial charge in [0.15, 0.2) is 0 Å². The molecule has 4 heteroatoms. The molecule has 0 aliphatic rings. The minimum atomic E-state index is -0.0853. The molecule has 3 nitrogen and oxygen atoms in total. The Kier molecular flexibility index (Phi) is 3.18. The van der Waals surface area contributed by atoms with Gasteiger partial charge in [-0.15, -0.1) is 0 Å². The molecule has 0 aliphatic heterocycles. The fraction of sp³-hybridized carbons (Fsp3) is 0.214. The lowest BCUT2D eigenvalue weighted by atomic mass is 10.0. The summed E-state index contributed by atoms with van der Waals surface area (Å²) in [5.74, 6) is -0.0853. The van der Waals surface area contributed by atoms with Crippen LogP contribution in [0, 0.1) is 20.8 Å². The number of carbonyl (C=O) groups is 1. The highest BCUT2D eigenvalue weighted by atomic mass is 35.5. The summed E-state index contributed by atoms with van der Waals surface area (Å²) in [7, 11) is 0. The van der Waals surface area contributed by atoms with Crippen molar-refractivity contribution in [1.82, 2.24) is 4.98 Å². The first-order chi connectivity index (χ1) is 8.40. The van der Waals surface area contributed by atoms with Crippen molar-refractivity contribution < 1.29 is 4.79 Å². The van der Waals surface area contributed by atoms with Crippen molar-refractivity contribution in [3.05, 3.63) is 51.3 Å². The maximum absolute atomic E-state index is 12.4. The second-order valence-electron chi connectivity index (χ2n) is 4.48. The second kappa shape index (κ2) is 4.50. The quantitative estimate of drug-likeness (QED) is 0.644. The van der Waals surface area contributed by atoms with E-state index in [4.69, 9.17) is 17.3 Å². The van der Waals surface area contributed by atoms with Gasteiger partial charge in [-0.05, 0) is 50.1 Å². The van der Waals surface area contributed by atoms with Gasteiger partial charge >= 0.3 is 0 Å². The molecule has 0 radical (unpaired) electrons. The molecule has 2 rings (SSSR count). The van der Waals surface area contributed by atoms with E-state index >= 15 is 0 Å². The Bertz CT molecular complexity index is 609. The summed E-state index contributed by atoms with van der Waals surface area (Å²) in [5.41, 5.74) is 10.4. The highest BCUT2D eigenvalue weighted by molar-refractivity contribution is 6.31. The molecule has 0 aliphatic carbocycles. The lowest BCUT2D eigenvalue weighted by molar-refractivity contribution is 0.103. The van der Waals surface area contributed by atoms with E-state index in [0.717, 1.165) is 16.8 Å². The zero-order valence-corrected chi connectivity index (χ0v) is 11.4. The van der Waals surface area contributed by atoms with Gasteiger partial charge in [0, 0.05) is 22.0 Å². The average molecular weight is 263 g/mol. The average Bonchev–Trinajstić information content (AvgIpc) is 2.55. The van der Waals surface area contributed by atoms with Crippen LogP contribution in [0.15, 0.2) is 18.2 Å². The Morgan fingerprint density at radius 2 is 1.83 bits per heavy atom. The number of hydrogen-bond donors (Lipinski definition) is 2. The molecular weight excluding hydrogens is 248 g/mol. The minimum Gasteiger partial charge on any atom is -0.399 e. The molecule has 0 bridgehead atoms.